The second kappa shape index (κ2) is 25.8. The Morgan fingerprint density at radius 2 is 1.15 bits per heavy atom. The molecule has 0 saturated carbocycles. The number of aliphatic hydroxyl groups excluding tert-OH is 1. The van der Waals surface area contributed by atoms with Crippen LogP contribution in [0.1, 0.15) is 181 Å². The van der Waals surface area contributed by atoms with Gasteiger partial charge >= 0.3 is 5.91 Å². The molecule has 1 rings (SSSR count). The van der Waals surface area contributed by atoms with Crippen molar-refractivity contribution < 1.29 is 14.5 Å². The molecule has 0 fully saturated rings. The van der Waals surface area contributed by atoms with Gasteiger partial charge in [0.25, 0.3) is 5.84 Å². The molecule has 0 aromatic rings. The fourth-order valence-electron chi connectivity index (χ4n) is 5.82. The van der Waals surface area contributed by atoms with Gasteiger partial charge in [0, 0.05) is 19.8 Å². The zero-order valence-electron chi connectivity index (χ0n) is 26.6. The smallest absolute Gasteiger partial charge is 0.309 e. The number of hydrogen-bond acceptors (Lipinski definition) is 2. The third-order valence-electron chi connectivity index (χ3n) is 8.37. The Morgan fingerprint density at radius 1 is 0.718 bits per heavy atom. The van der Waals surface area contributed by atoms with Gasteiger partial charge in [-0.15, -0.1) is 0 Å². The van der Waals surface area contributed by atoms with E-state index >= 15 is 0 Å². The second-order valence-corrected chi connectivity index (χ2v) is 12.1. The lowest BCUT2D eigenvalue weighted by Crippen LogP contribution is -2.36. The van der Waals surface area contributed by atoms with E-state index in [2.05, 4.69) is 26.0 Å². The molecule has 4 heteroatoms. The van der Waals surface area contributed by atoms with Crippen molar-refractivity contribution in [1.82, 2.24) is 4.90 Å². The van der Waals surface area contributed by atoms with Crippen molar-refractivity contribution in [3.8, 4) is 0 Å². The van der Waals surface area contributed by atoms with E-state index in [9.17, 15) is 9.90 Å². The van der Waals surface area contributed by atoms with Gasteiger partial charge in [-0.25, -0.2) is 9.37 Å². The molecule has 0 aromatic heterocycles. The van der Waals surface area contributed by atoms with Crippen LogP contribution in [0.3, 0.4) is 0 Å². The summed E-state index contributed by atoms with van der Waals surface area (Å²) in [5.74, 6) is 1.33. The molecule has 1 heterocycles. The Bertz CT molecular complexity index is 641. The van der Waals surface area contributed by atoms with E-state index in [1.165, 1.54) is 128 Å². The van der Waals surface area contributed by atoms with Gasteiger partial charge in [0.2, 0.25) is 0 Å². The van der Waals surface area contributed by atoms with Gasteiger partial charge in [-0.3, -0.25) is 0 Å². The zero-order valence-corrected chi connectivity index (χ0v) is 26.6. The Balaban J connectivity index is 2.14. The van der Waals surface area contributed by atoms with Crippen molar-refractivity contribution in [3.05, 3.63) is 12.2 Å². The van der Waals surface area contributed by atoms with Crippen LogP contribution in [-0.2, 0) is 4.79 Å². The minimum Gasteiger partial charge on any atom is -0.356 e. The van der Waals surface area contributed by atoms with Crippen LogP contribution in [0.2, 0.25) is 0 Å². The number of hydrogen-bond donors (Lipinski definition) is 1. The van der Waals surface area contributed by atoms with Crippen LogP contribution in [0.5, 0.6) is 0 Å². The highest BCUT2D eigenvalue weighted by molar-refractivity contribution is 5.96. The first kappa shape index (κ1) is 35.9. The van der Waals surface area contributed by atoms with Crippen LogP contribution < -0.4 is 0 Å². The fourth-order valence-corrected chi connectivity index (χ4v) is 5.82. The number of nitrogens with zero attached hydrogens (tertiary/aromatic N) is 2. The molecule has 0 spiro atoms. The second-order valence-electron chi connectivity index (χ2n) is 12.1. The molecule has 1 atom stereocenters. The molecule has 0 aliphatic carbocycles. The van der Waals surface area contributed by atoms with Crippen molar-refractivity contribution in [1.29, 1.82) is 0 Å². The highest BCUT2D eigenvalue weighted by atomic mass is 16.3. The number of carbonyl (C=O) groups is 1. The predicted molar refractivity (Wildman–Crippen MR) is 169 cm³/mol. The van der Waals surface area contributed by atoms with Crippen LogP contribution in [0.4, 0.5) is 0 Å². The van der Waals surface area contributed by atoms with Crippen LogP contribution in [0, 0.1) is 0 Å². The average Bonchev–Trinajstić information content (AvgIpc) is 3.36. The number of aliphatic hydroxyl groups is 1. The van der Waals surface area contributed by atoms with E-state index in [1.54, 1.807) is 0 Å². The standard InChI is InChI=1S/C35H67N2O2/c1-4-6-8-10-12-14-16-17-18-19-20-22-24-26-28-30-35(39)37-32-31-36(33(3)38)34(37)29-27-25-23-21-15-13-11-9-7-5-2/h17-18,33,38H,4-16,19-32H2,1-3H3/q+1. The lowest BCUT2D eigenvalue weighted by molar-refractivity contribution is -0.597. The van der Waals surface area contributed by atoms with Gasteiger partial charge in [0.05, 0.1) is 0 Å². The topological polar surface area (TPSA) is 43.5 Å². The summed E-state index contributed by atoms with van der Waals surface area (Å²) in [6, 6.07) is 0. The fraction of sp³-hybridized carbons (Fsp3) is 0.886. The summed E-state index contributed by atoms with van der Waals surface area (Å²) in [6.07, 6.45) is 35.6. The van der Waals surface area contributed by atoms with Gasteiger partial charge in [-0.2, -0.15) is 4.90 Å². The summed E-state index contributed by atoms with van der Waals surface area (Å²) in [7, 11) is 0. The number of amides is 1. The maximum absolute atomic E-state index is 13.0. The molecule has 1 aliphatic heterocycles. The summed E-state index contributed by atoms with van der Waals surface area (Å²) < 4.78 is 2.05. The van der Waals surface area contributed by atoms with E-state index in [0.717, 1.165) is 44.6 Å². The molecule has 0 aromatic carbocycles. The summed E-state index contributed by atoms with van der Waals surface area (Å²) in [6.45, 7) is 7.88. The van der Waals surface area contributed by atoms with Crippen LogP contribution in [0.25, 0.3) is 0 Å². The van der Waals surface area contributed by atoms with E-state index in [4.69, 9.17) is 0 Å². The third kappa shape index (κ3) is 18.7. The Kier molecular flexibility index (Phi) is 23.7. The summed E-state index contributed by atoms with van der Waals surface area (Å²) in [5, 5.41) is 10.3. The van der Waals surface area contributed by atoms with E-state index in [0.29, 0.717) is 6.42 Å². The quantitative estimate of drug-likeness (QED) is 0.0631. The molecule has 0 saturated heterocycles. The highest BCUT2D eigenvalue weighted by Crippen LogP contribution is 2.17. The molecule has 0 radical (unpaired) electrons. The summed E-state index contributed by atoms with van der Waals surface area (Å²) in [5.41, 5.74) is 0. The first-order chi connectivity index (χ1) is 19.1. The predicted octanol–water partition coefficient (Wildman–Crippen LogP) is 9.93. The summed E-state index contributed by atoms with van der Waals surface area (Å²) in [4.78, 5) is 15.0. The highest BCUT2D eigenvalue weighted by Gasteiger charge is 2.36. The maximum Gasteiger partial charge on any atom is 0.309 e. The molecule has 1 aliphatic rings. The van der Waals surface area contributed by atoms with E-state index in [-0.39, 0.29) is 5.91 Å². The SMILES string of the molecule is CCCCCCCCC=CCCCCCCCC(=O)N1CC[N+](C(C)O)=C1CCCCCCCCCCCC. The Labute approximate surface area is 243 Å². The van der Waals surface area contributed by atoms with Gasteiger partial charge in [-0.1, -0.05) is 135 Å². The third-order valence-corrected chi connectivity index (χ3v) is 8.37. The number of allylic oxidation sites excluding steroid dienone is 2. The zero-order chi connectivity index (χ0) is 28.4. The molecular weight excluding hydrogens is 480 g/mol. The van der Waals surface area contributed by atoms with Crippen LogP contribution in [-0.4, -0.2) is 45.6 Å². The minimum absolute atomic E-state index is 0.262. The first-order valence-corrected chi connectivity index (χ1v) is 17.4. The van der Waals surface area contributed by atoms with Crippen molar-refractivity contribution in [2.45, 2.75) is 188 Å². The average molecular weight is 548 g/mol. The largest absolute Gasteiger partial charge is 0.356 e. The van der Waals surface area contributed by atoms with Crippen LogP contribution >= 0.6 is 0 Å². The first-order valence-electron chi connectivity index (χ1n) is 17.4. The lowest BCUT2D eigenvalue weighted by Gasteiger charge is -2.13. The number of carbonyl (C=O) groups excluding carboxylic acids is 1. The van der Waals surface area contributed by atoms with Gasteiger partial charge in [0.15, 0.2) is 6.23 Å². The maximum atomic E-state index is 13.0. The van der Waals surface area contributed by atoms with Crippen molar-refractivity contribution in [2.24, 2.45) is 0 Å². The Hall–Kier alpha value is -1.16. The molecule has 39 heavy (non-hydrogen) atoms. The molecule has 0 bridgehead atoms. The molecular formula is C35H67N2O2+. The summed E-state index contributed by atoms with van der Waals surface area (Å²) >= 11 is 0. The van der Waals surface area contributed by atoms with E-state index < -0.39 is 6.23 Å². The lowest BCUT2D eigenvalue weighted by atomic mass is 10.1. The number of amidine groups is 1. The molecule has 1 N–H and O–H groups in total. The molecule has 4 nitrogen and oxygen atoms in total. The van der Waals surface area contributed by atoms with E-state index in [1.807, 2.05) is 16.4 Å². The normalized spacial score (nSPS) is 14.7. The number of rotatable bonds is 27. The van der Waals surface area contributed by atoms with Crippen molar-refractivity contribution in [3.63, 3.8) is 0 Å². The van der Waals surface area contributed by atoms with Gasteiger partial charge in [0.1, 0.15) is 13.1 Å². The molecule has 1 unspecified atom stereocenters. The van der Waals surface area contributed by atoms with Crippen molar-refractivity contribution >= 4 is 11.7 Å². The van der Waals surface area contributed by atoms with Crippen LogP contribution in [0.15, 0.2) is 12.2 Å². The monoisotopic (exact) mass is 548 g/mol. The molecule has 228 valence electrons. The number of unbranched alkanes of at least 4 members (excludes halogenated alkanes) is 20. The van der Waals surface area contributed by atoms with Gasteiger partial charge < -0.3 is 5.11 Å². The Morgan fingerprint density at radius 3 is 1.64 bits per heavy atom. The van der Waals surface area contributed by atoms with Crippen molar-refractivity contribution in [2.75, 3.05) is 13.1 Å². The molecule has 1 amide bonds. The minimum atomic E-state index is -0.513. The van der Waals surface area contributed by atoms with Gasteiger partial charge in [-0.05, 0) is 38.5 Å².